The van der Waals surface area contributed by atoms with Crippen LogP contribution in [-0.2, 0) is 11.1 Å². The number of aromatic nitrogens is 2. The number of para-hydroxylation sites is 2. The molecule has 7 heterocycles. The van der Waals surface area contributed by atoms with Crippen LogP contribution in [0.1, 0.15) is 36.1 Å². The zero-order valence-electron chi connectivity index (χ0n) is 27.1. The predicted octanol–water partition coefficient (Wildman–Crippen LogP) is 9.52. The van der Waals surface area contributed by atoms with Gasteiger partial charge in [0, 0.05) is 28.2 Å². The first-order valence-corrected chi connectivity index (χ1v) is 17.0. The molecule has 0 fully saturated rings. The van der Waals surface area contributed by atoms with E-state index >= 15 is 0 Å². The van der Waals surface area contributed by atoms with Gasteiger partial charge >= 0.3 is 5.66 Å². The Kier molecular flexibility index (Phi) is 4.45. The summed E-state index contributed by atoms with van der Waals surface area (Å²) in [6, 6.07) is 48.8. The Bertz CT molecular complexity index is 2660. The fourth-order valence-corrected chi connectivity index (χ4v) is 9.70. The topological polar surface area (TPSA) is 23.5 Å². The fourth-order valence-electron chi connectivity index (χ4n) is 9.70. The standard InChI is InChI=1S/C44H30N4O/c1-43(2)31-16-6-8-19-34(31)47-35-20-11-21-36-39(35)44(46-26-12-17-32(43)42(46)47)40-37(49-36)24-23-30-28-14-4-3-13-27(28)29-15-5-7-18-33(29)48(41(30)40)38-22-9-10-25-45(38)44/h3-26H,1-2H3/q+2. The molecule has 1 atom stereocenters. The van der Waals surface area contributed by atoms with E-state index in [1.165, 1.54) is 44.9 Å². The number of benzene rings is 5. The molecule has 5 aromatic carbocycles. The maximum atomic E-state index is 7.07. The van der Waals surface area contributed by atoms with E-state index in [-0.39, 0.29) is 5.41 Å². The van der Waals surface area contributed by atoms with Gasteiger partial charge in [-0.2, -0.15) is 18.9 Å². The molecular formula is C44H30N4O+2. The highest BCUT2D eigenvalue weighted by Crippen LogP contribution is 2.64. The molecule has 7 aromatic rings. The van der Waals surface area contributed by atoms with Crippen LogP contribution in [0.4, 0.5) is 34.4 Å². The number of ether oxygens (including phenoxy) is 1. The molecule has 0 saturated heterocycles. The predicted molar refractivity (Wildman–Crippen MR) is 191 cm³/mol. The summed E-state index contributed by atoms with van der Waals surface area (Å²) in [7, 11) is 0. The van der Waals surface area contributed by atoms with Crippen LogP contribution in [0, 0.1) is 0 Å². The molecule has 49 heavy (non-hydrogen) atoms. The van der Waals surface area contributed by atoms with Crippen molar-refractivity contribution in [3.8, 4) is 33.8 Å². The zero-order valence-corrected chi connectivity index (χ0v) is 27.1. The Balaban J connectivity index is 1.33. The van der Waals surface area contributed by atoms with Crippen molar-refractivity contribution in [3.63, 3.8) is 0 Å². The van der Waals surface area contributed by atoms with Crippen LogP contribution in [0.2, 0.25) is 0 Å². The highest BCUT2D eigenvalue weighted by Gasteiger charge is 2.68. The van der Waals surface area contributed by atoms with Crippen LogP contribution < -0.4 is 23.7 Å². The lowest BCUT2D eigenvalue weighted by molar-refractivity contribution is -0.963. The summed E-state index contributed by atoms with van der Waals surface area (Å²) in [5, 5.41) is 0. The van der Waals surface area contributed by atoms with Gasteiger partial charge in [-0.1, -0.05) is 86.6 Å². The quantitative estimate of drug-likeness (QED) is 0.156. The average molecular weight is 631 g/mol. The van der Waals surface area contributed by atoms with E-state index in [1.54, 1.807) is 0 Å². The number of rotatable bonds is 0. The van der Waals surface area contributed by atoms with Gasteiger partial charge in [0.2, 0.25) is 0 Å². The maximum Gasteiger partial charge on any atom is 0.321 e. The average Bonchev–Trinajstić information content (AvgIpc) is 3.27. The van der Waals surface area contributed by atoms with Crippen molar-refractivity contribution in [2.24, 2.45) is 0 Å². The van der Waals surface area contributed by atoms with Gasteiger partial charge in [-0.3, -0.25) is 0 Å². The zero-order chi connectivity index (χ0) is 32.2. The number of fused-ring (bicyclic) bond motifs is 10. The van der Waals surface area contributed by atoms with Gasteiger partial charge in [0.15, 0.2) is 5.69 Å². The molecule has 1 spiro atoms. The van der Waals surface area contributed by atoms with Crippen molar-refractivity contribution in [2.75, 3.05) is 9.80 Å². The van der Waals surface area contributed by atoms with Crippen molar-refractivity contribution in [3.05, 3.63) is 168 Å². The number of hydrogen-bond acceptors (Lipinski definition) is 3. The van der Waals surface area contributed by atoms with Gasteiger partial charge in [-0.05, 0) is 65.7 Å². The smallest absolute Gasteiger partial charge is 0.321 e. The summed E-state index contributed by atoms with van der Waals surface area (Å²) < 4.78 is 12.1. The van der Waals surface area contributed by atoms with Crippen LogP contribution >= 0.6 is 0 Å². The molecule has 0 radical (unpaired) electrons. The van der Waals surface area contributed by atoms with Crippen molar-refractivity contribution >= 4 is 34.4 Å². The normalized spacial score (nSPS) is 18.3. The molecule has 0 N–H and O–H groups in total. The van der Waals surface area contributed by atoms with Gasteiger partial charge in [0.1, 0.15) is 39.7 Å². The molecule has 5 nitrogen and oxygen atoms in total. The Hall–Kier alpha value is -6.20. The summed E-state index contributed by atoms with van der Waals surface area (Å²) in [5.41, 5.74) is 13.4. The molecule has 2 aromatic heterocycles. The van der Waals surface area contributed by atoms with Gasteiger partial charge < -0.3 is 4.74 Å². The van der Waals surface area contributed by atoms with E-state index < -0.39 is 5.66 Å². The van der Waals surface area contributed by atoms with Crippen molar-refractivity contribution in [2.45, 2.75) is 24.9 Å². The van der Waals surface area contributed by atoms with E-state index in [4.69, 9.17) is 4.74 Å². The number of hydrogen-bond donors (Lipinski definition) is 0. The second kappa shape index (κ2) is 8.44. The minimum Gasteiger partial charge on any atom is -0.456 e. The van der Waals surface area contributed by atoms with Crippen molar-refractivity contribution in [1.82, 2.24) is 0 Å². The summed E-state index contributed by atoms with van der Waals surface area (Å²) >= 11 is 0. The second-order valence-corrected chi connectivity index (χ2v) is 14.2. The summed E-state index contributed by atoms with van der Waals surface area (Å²) in [5.74, 6) is 4.04. The largest absolute Gasteiger partial charge is 0.456 e. The molecule has 0 saturated carbocycles. The highest BCUT2D eigenvalue weighted by molar-refractivity contribution is 6.04. The number of pyridine rings is 2. The first-order chi connectivity index (χ1) is 24.1. The third-order valence-corrected chi connectivity index (χ3v) is 11.6. The molecule has 5 heteroatoms. The van der Waals surface area contributed by atoms with Gasteiger partial charge in [-0.25, -0.2) is 0 Å². The Labute approximate surface area is 284 Å². The monoisotopic (exact) mass is 630 g/mol. The molecule has 0 bridgehead atoms. The van der Waals surface area contributed by atoms with E-state index in [1.807, 2.05) is 0 Å². The van der Waals surface area contributed by atoms with E-state index in [2.05, 4.69) is 179 Å². The molecular weight excluding hydrogens is 601 g/mol. The third kappa shape index (κ3) is 2.76. The molecule has 0 aliphatic carbocycles. The Morgan fingerprint density at radius 1 is 0.490 bits per heavy atom. The minimum absolute atomic E-state index is 0.221. The van der Waals surface area contributed by atoms with Gasteiger partial charge in [-0.15, -0.1) is 0 Å². The SMILES string of the molecule is CC1(C)c2ccccc2N2c3cccc4c3C3(c5c(ccc6c5N(c5ccccc5-c5ccccc5-6)c5cccc[n+]53)O4)[n+]3cccc1c32. The lowest BCUT2D eigenvalue weighted by Gasteiger charge is -2.48. The highest BCUT2D eigenvalue weighted by atomic mass is 16.5. The first-order valence-electron chi connectivity index (χ1n) is 17.0. The van der Waals surface area contributed by atoms with Gasteiger partial charge in [0.05, 0.1) is 18.0 Å². The van der Waals surface area contributed by atoms with Crippen LogP contribution in [0.3, 0.4) is 0 Å². The van der Waals surface area contributed by atoms with Crippen LogP contribution in [0.15, 0.2) is 146 Å². The molecule has 1 unspecified atom stereocenters. The van der Waals surface area contributed by atoms with E-state index in [9.17, 15) is 0 Å². The Morgan fingerprint density at radius 3 is 2.04 bits per heavy atom. The van der Waals surface area contributed by atoms with Crippen LogP contribution in [-0.4, -0.2) is 0 Å². The number of nitrogens with zero attached hydrogens (tertiary/aromatic N) is 4. The lowest BCUT2D eigenvalue weighted by Crippen LogP contribution is -2.79. The molecule has 230 valence electrons. The van der Waals surface area contributed by atoms with E-state index in [0.29, 0.717) is 0 Å². The summed E-state index contributed by atoms with van der Waals surface area (Å²) in [4.78, 5) is 4.96. The molecule has 0 amide bonds. The summed E-state index contributed by atoms with van der Waals surface area (Å²) in [6.07, 6.45) is 4.56. The second-order valence-electron chi connectivity index (χ2n) is 14.2. The van der Waals surface area contributed by atoms with Crippen molar-refractivity contribution in [1.29, 1.82) is 0 Å². The Morgan fingerprint density at radius 2 is 1.16 bits per heavy atom. The molecule has 12 rings (SSSR count). The molecule has 5 aliphatic rings. The van der Waals surface area contributed by atoms with E-state index in [0.717, 1.165) is 45.5 Å². The maximum absolute atomic E-state index is 7.07. The van der Waals surface area contributed by atoms with Gasteiger partial charge in [0.25, 0.3) is 11.6 Å². The fraction of sp³-hybridized carbons (Fsp3) is 0.0909. The van der Waals surface area contributed by atoms with Crippen LogP contribution in [0.25, 0.3) is 22.3 Å². The third-order valence-electron chi connectivity index (χ3n) is 11.6. The first kappa shape index (κ1) is 25.8. The number of anilines is 6. The minimum atomic E-state index is -0.781. The van der Waals surface area contributed by atoms with Crippen LogP contribution in [0.5, 0.6) is 11.5 Å². The van der Waals surface area contributed by atoms with Crippen molar-refractivity contribution < 1.29 is 13.9 Å². The summed E-state index contributed by atoms with van der Waals surface area (Å²) in [6.45, 7) is 4.73. The lowest BCUT2D eigenvalue weighted by atomic mass is 9.72. The molecule has 5 aliphatic heterocycles.